The Morgan fingerprint density at radius 3 is 2.47 bits per heavy atom. The van der Waals surface area contributed by atoms with Gasteiger partial charge in [0.2, 0.25) is 0 Å². The fourth-order valence-electron chi connectivity index (χ4n) is 1.92. The number of hydrogen-bond donors (Lipinski definition) is 1. The minimum Gasteiger partial charge on any atom is -0.511 e. The Hall–Kier alpha value is -1.37. The Morgan fingerprint density at radius 1 is 1.42 bits per heavy atom. The lowest BCUT2D eigenvalue weighted by atomic mass is 9.91. The van der Waals surface area contributed by atoms with Crippen molar-refractivity contribution < 1.29 is 23.2 Å². The molecule has 1 N–H and O–H groups in total. The number of ketones is 1. The average Bonchev–Trinajstić information content (AvgIpc) is 2.31. The molecule has 0 spiro atoms. The van der Waals surface area contributed by atoms with Crippen molar-refractivity contribution >= 4 is 21.3 Å². The van der Waals surface area contributed by atoms with E-state index >= 15 is 0 Å². The van der Waals surface area contributed by atoms with Gasteiger partial charge in [0, 0.05) is 19.1 Å². The molecule has 0 amide bonds. The summed E-state index contributed by atoms with van der Waals surface area (Å²) in [7, 11) is -3.35. The van der Waals surface area contributed by atoms with Crippen LogP contribution in [0.5, 0.6) is 0 Å². The summed E-state index contributed by atoms with van der Waals surface area (Å²) >= 11 is 0. The Kier molecular flexibility index (Phi) is 5.11. The largest absolute Gasteiger partial charge is 0.511 e. The molecule has 19 heavy (non-hydrogen) atoms. The lowest BCUT2D eigenvalue weighted by Gasteiger charge is -2.22. The van der Waals surface area contributed by atoms with Gasteiger partial charge >= 0.3 is 0 Å². The van der Waals surface area contributed by atoms with Crippen molar-refractivity contribution in [3.63, 3.8) is 0 Å². The van der Waals surface area contributed by atoms with E-state index < -0.39 is 20.9 Å². The van der Waals surface area contributed by atoms with Gasteiger partial charge in [0.1, 0.15) is 12.4 Å². The van der Waals surface area contributed by atoms with Crippen molar-refractivity contribution in [2.24, 2.45) is 5.16 Å². The topological polar surface area (TPSA) is 93.0 Å². The van der Waals surface area contributed by atoms with Crippen LogP contribution in [0, 0.1) is 0 Å². The summed E-state index contributed by atoms with van der Waals surface area (Å²) in [6.45, 7) is 3.90. The van der Waals surface area contributed by atoms with E-state index in [0.29, 0.717) is 18.7 Å². The predicted octanol–water partition coefficient (Wildman–Crippen LogP) is 1.38. The van der Waals surface area contributed by atoms with Crippen LogP contribution >= 0.6 is 0 Å². The number of rotatable bonds is 5. The molecule has 0 aromatic carbocycles. The van der Waals surface area contributed by atoms with Gasteiger partial charge in [-0.25, -0.2) is 8.42 Å². The van der Waals surface area contributed by atoms with Gasteiger partial charge in [0.05, 0.1) is 16.5 Å². The third-order valence-electron chi connectivity index (χ3n) is 2.93. The highest BCUT2D eigenvalue weighted by Crippen LogP contribution is 2.26. The lowest BCUT2D eigenvalue weighted by molar-refractivity contribution is -0.115. The molecule has 0 heterocycles. The maximum absolute atomic E-state index is 12.0. The summed E-state index contributed by atoms with van der Waals surface area (Å²) in [6.07, 6.45) is 1.32. The van der Waals surface area contributed by atoms with Gasteiger partial charge in [-0.1, -0.05) is 12.1 Å². The van der Waals surface area contributed by atoms with Crippen molar-refractivity contribution in [2.75, 3.05) is 12.9 Å². The van der Waals surface area contributed by atoms with Crippen LogP contribution in [-0.2, 0) is 19.5 Å². The summed E-state index contributed by atoms with van der Waals surface area (Å²) in [5.74, 6) is -0.619. The molecule has 0 aliphatic heterocycles. The van der Waals surface area contributed by atoms with Crippen molar-refractivity contribution in [3.8, 4) is 0 Å². The second-order valence-electron chi connectivity index (χ2n) is 4.41. The third-order valence-corrected chi connectivity index (χ3v) is 4.48. The van der Waals surface area contributed by atoms with Crippen LogP contribution in [0.3, 0.4) is 0 Å². The first-order chi connectivity index (χ1) is 8.81. The molecule has 0 saturated heterocycles. The summed E-state index contributed by atoms with van der Waals surface area (Å²) < 4.78 is 22.9. The number of hydrogen-bond acceptors (Lipinski definition) is 6. The van der Waals surface area contributed by atoms with Crippen LogP contribution < -0.4 is 0 Å². The highest BCUT2D eigenvalue weighted by molar-refractivity contribution is 7.91. The SMILES string of the molecule is CCON=C(CC)C1=C(O)CC(S(C)(=O)=O)CC1=O. The molecule has 0 aromatic rings. The number of sulfone groups is 1. The van der Waals surface area contributed by atoms with E-state index in [9.17, 15) is 18.3 Å². The van der Waals surface area contributed by atoms with E-state index in [1.807, 2.05) is 0 Å². The molecular formula is C12H19NO5S. The van der Waals surface area contributed by atoms with Crippen LogP contribution in [0.25, 0.3) is 0 Å². The molecule has 7 heteroatoms. The Morgan fingerprint density at radius 2 is 2.05 bits per heavy atom. The first-order valence-corrected chi connectivity index (χ1v) is 8.10. The fourth-order valence-corrected chi connectivity index (χ4v) is 2.83. The standard InChI is InChI=1S/C12H19NO5S/c1-4-9(13-18-5-2)12-10(14)6-8(7-11(12)15)19(3,16)17/h8,14H,4-7H2,1-3H3. The maximum Gasteiger partial charge on any atom is 0.169 e. The first-order valence-electron chi connectivity index (χ1n) is 6.14. The number of Topliss-reactive ketones (excluding diaryl/α,β-unsaturated/α-hetero) is 1. The van der Waals surface area contributed by atoms with Crippen LogP contribution in [-0.4, -0.2) is 43.1 Å². The number of aliphatic hydroxyl groups is 1. The molecule has 1 unspecified atom stereocenters. The quantitative estimate of drug-likeness (QED) is 0.609. The molecule has 0 aromatic heterocycles. The number of carbonyl (C=O) groups is 1. The number of aliphatic hydroxyl groups excluding tert-OH is 1. The Labute approximate surface area is 113 Å². The van der Waals surface area contributed by atoms with Crippen molar-refractivity contribution in [2.45, 2.75) is 38.4 Å². The van der Waals surface area contributed by atoms with E-state index in [-0.39, 0.29) is 24.2 Å². The molecule has 0 fully saturated rings. The van der Waals surface area contributed by atoms with Crippen LogP contribution in [0.2, 0.25) is 0 Å². The smallest absolute Gasteiger partial charge is 0.169 e. The van der Waals surface area contributed by atoms with Gasteiger partial charge in [0.25, 0.3) is 0 Å². The van der Waals surface area contributed by atoms with Gasteiger partial charge in [-0.05, 0) is 13.3 Å². The van der Waals surface area contributed by atoms with Gasteiger partial charge < -0.3 is 9.94 Å². The van der Waals surface area contributed by atoms with Crippen molar-refractivity contribution in [1.82, 2.24) is 0 Å². The second-order valence-corrected chi connectivity index (χ2v) is 6.74. The molecule has 108 valence electrons. The maximum atomic E-state index is 12.0. The van der Waals surface area contributed by atoms with Crippen LogP contribution in [0.15, 0.2) is 16.5 Å². The monoisotopic (exact) mass is 289 g/mol. The normalized spacial score (nSPS) is 21.7. The first kappa shape index (κ1) is 15.7. The van der Waals surface area contributed by atoms with Gasteiger partial charge in [-0.3, -0.25) is 4.79 Å². The molecule has 1 aliphatic carbocycles. The molecular weight excluding hydrogens is 270 g/mol. The molecule has 0 bridgehead atoms. The zero-order chi connectivity index (χ0) is 14.6. The molecule has 1 atom stereocenters. The van der Waals surface area contributed by atoms with E-state index in [1.165, 1.54) is 0 Å². The zero-order valence-corrected chi connectivity index (χ0v) is 12.2. The number of nitrogens with zero attached hydrogens (tertiary/aromatic N) is 1. The van der Waals surface area contributed by atoms with E-state index in [2.05, 4.69) is 5.16 Å². The zero-order valence-electron chi connectivity index (χ0n) is 11.3. The average molecular weight is 289 g/mol. The van der Waals surface area contributed by atoms with E-state index in [0.717, 1.165) is 6.26 Å². The van der Waals surface area contributed by atoms with Gasteiger partial charge in [-0.15, -0.1) is 0 Å². The molecule has 0 radical (unpaired) electrons. The number of carbonyl (C=O) groups excluding carboxylic acids is 1. The highest BCUT2D eigenvalue weighted by atomic mass is 32.2. The van der Waals surface area contributed by atoms with Crippen molar-refractivity contribution in [1.29, 1.82) is 0 Å². The van der Waals surface area contributed by atoms with Gasteiger partial charge in [0.15, 0.2) is 15.6 Å². The van der Waals surface area contributed by atoms with E-state index in [1.54, 1.807) is 13.8 Å². The lowest BCUT2D eigenvalue weighted by Crippen LogP contribution is -2.32. The van der Waals surface area contributed by atoms with E-state index in [4.69, 9.17) is 4.84 Å². The molecule has 0 saturated carbocycles. The van der Waals surface area contributed by atoms with Crippen molar-refractivity contribution in [3.05, 3.63) is 11.3 Å². The minimum atomic E-state index is -3.35. The highest BCUT2D eigenvalue weighted by Gasteiger charge is 2.35. The molecule has 1 rings (SSSR count). The predicted molar refractivity (Wildman–Crippen MR) is 71.9 cm³/mol. The summed E-state index contributed by atoms with van der Waals surface area (Å²) in [6, 6.07) is 0. The third kappa shape index (κ3) is 3.79. The number of oxime groups is 1. The second kappa shape index (κ2) is 6.18. The minimum absolute atomic E-state index is 0.0505. The van der Waals surface area contributed by atoms with Gasteiger partial charge in [-0.2, -0.15) is 0 Å². The van der Waals surface area contributed by atoms with Crippen LogP contribution in [0.4, 0.5) is 0 Å². The number of allylic oxidation sites excluding steroid dienone is 2. The summed E-state index contributed by atoms with van der Waals surface area (Å²) in [5, 5.41) is 12.9. The Bertz CT molecular complexity index is 518. The summed E-state index contributed by atoms with van der Waals surface area (Å²) in [4.78, 5) is 16.9. The van der Waals surface area contributed by atoms with Crippen LogP contribution in [0.1, 0.15) is 33.1 Å². The fraction of sp³-hybridized carbons (Fsp3) is 0.667. The molecule has 6 nitrogen and oxygen atoms in total. The molecule has 1 aliphatic rings. The Balaban J connectivity index is 3.11. The summed E-state index contributed by atoms with van der Waals surface area (Å²) in [5.41, 5.74) is 0.465.